The highest BCUT2D eigenvalue weighted by Gasteiger charge is 2.54. The number of nitrogens with zero attached hydrogens (tertiary/aromatic N) is 3. The zero-order valence-corrected chi connectivity index (χ0v) is 30.4. The maximum absolute atomic E-state index is 14.1. The SMILES string of the molecule is CCOc1cc(OC2C[C@@H](C(N)=O)N(C(=O)[C@@H](NC(=O)O[C@@H]3C[C@@H]4[C@H](C)[C@@H]4C3)C(C)(C)C)C2)c2ccc(OCCN3CCOCC3)c(Cl)c2n1. The molecule has 3 amide bonds. The molecule has 2 aliphatic heterocycles. The summed E-state index contributed by atoms with van der Waals surface area (Å²) in [4.78, 5) is 48.2. The number of benzene rings is 1. The van der Waals surface area contributed by atoms with Crippen LogP contribution in [0.2, 0.25) is 5.02 Å². The van der Waals surface area contributed by atoms with Crippen molar-refractivity contribution in [1.29, 1.82) is 0 Å². The number of alkyl carbamates (subject to hydrolysis) is 1. The Morgan fingerprint density at radius 3 is 2.46 bits per heavy atom. The van der Waals surface area contributed by atoms with E-state index in [0.29, 0.717) is 77.5 Å². The summed E-state index contributed by atoms with van der Waals surface area (Å²) in [7, 11) is 0. The zero-order valence-electron chi connectivity index (χ0n) is 29.6. The number of fused-ring (bicyclic) bond motifs is 2. The number of hydrogen-bond donors (Lipinski definition) is 2. The van der Waals surface area contributed by atoms with Gasteiger partial charge in [-0.1, -0.05) is 39.3 Å². The molecule has 0 spiro atoms. The predicted octanol–water partition coefficient (Wildman–Crippen LogP) is 4.02. The van der Waals surface area contributed by atoms with E-state index >= 15 is 0 Å². The van der Waals surface area contributed by atoms with E-state index in [0.717, 1.165) is 32.5 Å². The molecule has 14 heteroatoms. The Morgan fingerprint density at radius 1 is 1.08 bits per heavy atom. The summed E-state index contributed by atoms with van der Waals surface area (Å²) in [5, 5.41) is 3.75. The number of primary amides is 1. The summed E-state index contributed by atoms with van der Waals surface area (Å²) in [6.07, 6.45) is 0.488. The fourth-order valence-corrected chi connectivity index (χ4v) is 7.90. The number of aromatic nitrogens is 1. The van der Waals surface area contributed by atoms with Gasteiger partial charge in [-0.3, -0.25) is 14.5 Å². The second-order valence-corrected chi connectivity index (χ2v) is 15.4. The van der Waals surface area contributed by atoms with Gasteiger partial charge in [-0.2, -0.15) is 0 Å². The van der Waals surface area contributed by atoms with Gasteiger partial charge >= 0.3 is 6.09 Å². The third-order valence-electron chi connectivity index (χ3n) is 10.5. The molecule has 0 radical (unpaired) electrons. The molecule has 274 valence electrons. The van der Waals surface area contributed by atoms with E-state index in [9.17, 15) is 14.4 Å². The van der Waals surface area contributed by atoms with Crippen LogP contribution in [0.4, 0.5) is 4.79 Å². The minimum Gasteiger partial charge on any atom is -0.491 e. The number of ether oxygens (including phenoxy) is 5. The number of carbonyl (C=O) groups excluding carboxylic acids is 3. The number of carbonyl (C=O) groups is 3. The summed E-state index contributed by atoms with van der Waals surface area (Å²) >= 11 is 6.85. The molecule has 13 nitrogen and oxygen atoms in total. The molecule has 2 saturated carbocycles. The molecule has 2 saturated heterocycles. The lowest BCUT2D eigenvalue weighted by Crippen LogP contribution is -2.57. The van der Waals surface area contributed by atoms with Crippen LogP contribution in [0.5, 0.6) is 17.4 Å². The summed E-state index contributed by atoms with van der Waals surface area (Å²) in [6, 6.07) is 3.38. The van der Waals surface area contributed by atoms with E-state index in [-0.39, 0.29) is 19.1 Å². The topological polar surface area (TPSA) is 155 Å². The Labute approximate surface area is 298 Å². The Bertz CT molecular complexity index is 1570. The second-order valence-electron chi connectivity index (χ2n) is 15.0. The maximum Gasteiger partial charge on any atom is 0.408 e. The number of morpholine rings is 1. The Balaban J connectivity index is 1.17. The minimum absolute atomic E-state index is 0.0733. The number of rotatable bonds is 12. The highest BCUT2D eigenvalue weighted by atomic mass is 35.5. The Kier molecular flexibility index (Phi) is 10.9. The van der Waals surface area contributed by atoms with E-state index in [2.05, 4.69) is 22.1 Å². The van der Waals surface area contributed by atoms with Gasteiger partial charge in [0.1, 0.15) is 52.9 Å². The first kappa shape index (κ1) is 36.2. The first-order valence-electron chi connectivity index (χ1n) is 17.8. The van der Waals surface area contributed by atoms with Gasteiger partial charge in [0.25, 0.3) is 0 Å². The third-order valence-corrected chi connectivity index (χ3v) is 10.9. The average Bonchev–Trinajstić information content (AvgIpc) is 3.39. The lowest BCUT2D eigenvalue weighted by Gasteiger charge is -2.35. The van der Waals surface area contributed by atoms with E-state index in [1.54, 1.807) is 12.1 Å². The molecule has 0 bridgehead atoms. The number of nitrogens with two attached hydrogens (primary N) is 1. The van der Waals surface area contributed by atoms with Crippen molar-refractivity contribution < 1.29 is 38.1 Å². The molecular weight excluding hydrogens is 666 g/mol. The molecule has 6 rings (SSSR count). The van der Waals surface area contributed by atoms with Gasteiger partial charge < -0.3 is 39.6 Å². The average molecular weight is 716 g/mol. The summed E-state index contributed by atoms with van der Waals surface area (Å²) in [5.41, 5.74) is 5.59. The number of hydrogen-bond acceptors (Lipinski definition) is 10. The quantitative estimate of drug-likeness (QED) is 0.329. The minimum atomic E-state index is -0.961. The molecule has 1 aromatic carbocycles. The molecular formula is C36H50ClN5O8. The van der Waals surface area contributed by atoms with E-state index < -0.39 is 41.5 Å². The van der Waals surface area contributed by atoms with Crippen molar-refractivity contribution in [1.82, 2.24) is 20.1 Å². The third kappa shape index (κ3) is 8.00. The molecule has 2 aliphatic carbocycles. The summed E-state index contributed by atoms with van der Waals surface area (Å²) < 4.78 is 29.5. The molecule has 3 heterocycles. The highest BCUT2D eigenvalue weighted by Crippen LogP contribution is 2.57. The van der Waals surface area contributed by atoms with Gasteiger partial charge in [0, 0.05) is 37.5 Å². The number of pyridine rings is 1. The van der Waals surface area contributed by atoms with Crippen LogP contribution >= 0.6 is 11.6 Å². The Morgan fingerprint density at radius 2 is 1.80 bits per heavy atom. The van der Waals surface area contributed by atoms with Crippen LogP contribution in [0.3, 0.4) is 0 Å². The monoisotopic (exact) mass is 715 g/mol. The first-order valence-corrected chi connectivity index (χ1v) is 18.1. The van der Waals surface area contributed by atoms with Crippen molar-refractivity contribution in [3.63, 3.8) is 0 Å². The molecule has 3 N–H and O–H groups in total. The van der Waals surface area contributed by atoms with Gasteiger partial charge in [-0.25, -0.2) is 9.78 Å². The van der Waals surface area contributed by atoms with E-state index in [1.807, 2.05) is 33.8 Å². The van der Waals surface area contributed by atoms with Crippen molar-refractivity contribution in [2.75, 3.05) is 52.6 Å². The van der Waals surface area contributed by atoms with Crippen molar-refractivity contribution in [2.45, 2.75) is 78.2 Å². The predicted molar refractivity (Wildman–Crippen MR) is 186 cm³/mol. The summed E-state index contributed by atoms with van der Waals surface area (Å²) in [6.45, 7) is 14.4. The van der Waals surface area contributed by atoms with Gasteiger partial charge in [0.15, 0.2) is 0 Å². The fourth-order valence-electron chi connectivity index (χ4n) is 7.64. The van der Waals surface area contributed by atoms with Gasteiger partial charge in [0.2, 0.25) is 17.7 Å². The number of amides is 3. The number of likely N-dealkylation sites (tertiary alicyclic amines) is 1. The van der Waals surface area contributed by atoms with Gasteiger partial charge in [-0.05, 0) is 55.1 Å². The van der Waals surface area contributed by atoms with E-state index in [4.69, 9.17) is 41.0 Å². The molecule has 1 aromatic heterocycles. The smallest absolute Gasteiger partial charge is 0.408 e. The highest BCUT2D eigenvalue weighted by molar-refractivity contribution is 6.36. The lowest BCUT2D eigenvalue weighted by atomic mass is 9.85. The van der Waals surface area contributed by atoms with Gasteiger partial charge in [-0.15, -0.1) is 0 Å². The summed E-state index contributed by atoms with van der Waals surface area (Å²) in [5.74, 6) is 2.07. The van der Waals surface area contributed by atoms with Crippen molar-refractivity contribution in [3.8, 4) is 17.4 Å². The normalized spacial score (nSPS) is 27.0. The second kappa shape index (κ2) is 15.0. The van der Waals surface area contributed by atoms with Crippen LogP contribution in [0, 0.1) is 23.2 Å². The van der Waals surface area contributed by atoms with Crippen molar-refractivity contribution >= 4 is 40.4 Å². The van der Waals surface area contributed by atoms with Crippen LogP contribution in [-0.4, -0.2) is 110 Å². The molecule has 4 aliphatic rings. The van der Waals surface area contributed by atoms with Crippen LogP contribution in [-0.2, 0) is 19.1 Å². The Hall–Kier alpha value is -3.55. The molecule has 1 unspecified atom stereocenters. The standard InChI is InChI=1S/C36H50ClN5O8/c1-6-47-29-18-28(23-7-8-27(30(37)31(23)39-29)48-14-11-41-9-12-46-13-10-41)49-22-17-26(33(38)43)42(19-22)34(44)32(36(3,4)5)40-35(45)50-21-15-24-20(2)25(24)16-21/h7-8,18,20-22,24-26,32H,6,9-17,19H2,1-5H3,(H2,38,43)(H,40,45)/t20-,21+,22?,24+,25-,26-,32+/m0/s1. The maximum atomic E-state index is 14.1. The van der Waals surface area contributed by atoms with Crippen LogP contribution < -0.4 is 25.3 Å². The largest absolute Gasteiger partial charge is 0.491 e. The van der Waals surface area contributed by atoms with Crippen molar-refractivity contribution in [2.24, 2.45) is 28.9 Å². The molecule has 7 atom stereocenters. The fraction of sp³-hybridized carbons (Fsp3) is 0.667. The van der Waals surface area contributed by atoms with E-state index in [1.165, 1.54) is 4.90 Å². The van der Waals surface area contributed by atoms with Crippen LogP contribution in [0.15, 0.2) is 18.2 Å². The lowest BCUT2D eigenvalue weighted by molar-refractivity contribution is -0.141. The first-order chi connectivity index (χ1) is 23.8. The zero-order chi connectivity index (χ0) is 35.7. The number of halogens is 1. The van der Waals surface area contributed by atoms with Crippen LogP contribution in [0.1, 0.15) is 53.9 Å². The van der Waals surface area contributed by atoms with Gasteiger partial charge in [0.05, 0.1) is 26.4 Å². The van der Waals surface area contributed by atoms with Crippen molar-refractivity contribution in [3.05, 3.63) is 23.2 Å². The molecule has 2 aromatic rings. The number of nitrogens with one attached hydrogen (secondary N) is 1. The molecule has 4 fully saturated rings. The van der Waals surface area contributed by atoms with Crippen LogP contribution in [0.25, 0.3) is 10.9 Å². The molecule has 50 heavy (non-hydrogen) atoms.